The smallest absolute Gasteiger partial charge is 0.313 e. The summed E-state index contributed by atoms with van der Waals surface area (Å²) in [4.78, 5) is 14.5. The van der Waals surface area contributed by atoms with E-state index in [0.29, 0.717) is 13.2 Å². The first-order valence-electron chi connectivity index (χ1n) is 5.07. The second kappa shape index (κ2) is 6.55. The maximum atomic E-state index is 10.4. The van der Waals surface area contributed by atoms with Gasteiger partial charge in [0.2, 0.25) is 0 Å². The summed E-state index contributed by atoms with van der Waals surface area (Å²) in [5, 5.41) is 9.29. The maximum Gasteiger partial charge on any atom is 0.313 e. The van der Waals surface area contributed by atoms with E-state index in [0.717, 1.165) is 5.16 Å². The molecule has 0 spiro atoms. The molecule has 0 aliphatic rings. The third kappa shape index (κ3) is 4.67. The second-order valence-electron chi connectivity index (χ2n) is 3.51. The van der Waals surface area contributed by atoms with Crippen molar-refractivity contribution in [2.45, 2.75) is 31.7 Å². The molecule has 1 N–H and O–H groups in total. The predicted octanol–water partition coefficient (Wildman–Crippen LogP) is 1.48. The average Bonchev–Trinajstić information content (AvgIpc) is 2.62. The van der Waals surface area contributed by atoms with E-state index in [1.54, 1.807) is 6.20 Å². The molecule has 0 aliphatic heterocycles. The minimum absolute atomic E-state index is 0.0298. The van der Waals surface area contributed by atoms with Gasteiger partial charge in [-0.1, -0.05) is 11.8 Å². The van der Waals surface area contributed by atoms with Gasteiger partial charge in [-0.3, -0.25) is 4.79 Å². The molecule has 5 nitrogen and oxygen atoms in total. The van der Waals surface area contributed by atoms with Crippen LogP contribution in [0.25, 0.3) is 0 Å². The monoisotopic (exact) mass is 244 g/mol. The highest BCUT2D eigenvalue weighted by molar-refractivity contribution is 7.99. The predicted molar refractivity (Wildman–Crippen MR) is 61.7 cm³/mol. The van der Waals surface area contributed by atoms with Gasteiger partial charge in [-0.2, -0.15) is 0 Å². The van der Waals surface area contributed by atoms with Gasteiger partial charge in [0.15, 0.2) is 5.16 Å². The SMILES string of the molecule is CC(C)OCCn1ccnc1SCC(=O)O. The van der Waals surface area contributed by atoms with Crippen molar-refractivity contribution in [1.82, 2.24) is 9.55 Å². The van der Waals surface area contributed by atoms with Crippen molar-refractivity contribution in [2.24, 2.45) is 0 Å². The standard InChI is InChI=1S/C10H16N2O3S/c1-8(2)15-6-5-12-4-3-11-10(12)16-7-9(13)14/h3-4,8H,5-7H2,1-2H3,(H,13,14). The number of carboxylic acids is 1. The summed E-state index contributed by atoms with van der Waals surface area (Å²) in [7, 11) is 0. The number of hydrogen-bond donors (Lipinski definition) is 1. The maximum absolute atomic E-state index is 10.4. The van der Waals surface area contributed by atoms with E-state index < -0.39 is 5.97 Å². The molecule has 0 radical (unpaired) electrons. The topological polar surface area (TPSA) is 64.4 Å². The summed E-state index contributed by atoms with van der Waals surface area (Å²) in [5.74, 6) is -0.805. The molecule has 6 heteroatoms. The minimum Gasteiger partial charge on any atom is -0.481 e. The number of imidazole rings is 1. The molecule has 1 rings (SSSR count). The molecule has 0 aliphatic carbocycles. The summed E-state index contributed by atoms with van der Waals surface area (Å²) < 4.78 is 7.32. The second-order valence-corrected chi connectivity index (χ2v) is 4.45. The first kappa shape index (κ1) is 13.1. The van der Waals surface area contributed by atoms with Crippen molar-refractivity contribution in [1.29, 1.82) is 0 Å². The Balaban J connectivity index is 2.40. The number of aromatic nitrogens is 2. The van der Waals surface area contributed by atoms with Crippen LogP contribution in [0.3, 0.4) is 0 Å². The molecular weight excluding hydrogens is 228 g/mol. The van der Waals surface area contributed by atoms with E-state index in [9.17, 15) is 4.79 Å². The molecule has 1 aromatic heterocycles. The molecule has 0 saturated heterocycles. The third-order valence-electron chi connectivity index (χ3n) is 1.79. The Morgan fingerprint density at radius 1 is 1.69 bits per heavy atom. The highest BCUT2D eigenvalue weighted by atomic mass is 32.2. The Bertz CT molecular complexity index is 339. The van der Waals surface area contributed by atoms with E-state index in [1.165, 1.54) is 11.8 Å². The van der Waals surface area contributed by atoms with E-state index >= 15 is 0 Å². The van der Waals surface area contributed by atoms with Crippen molar-refractivity contribution >= 4 is 17.7 Å². The van der Waals surface area contributed by atoms with Crippen LogP contribution in [0.15, 0.2) is 17.6 Å². The van der Waals surface area contributed by atoms with Crippen LogP contribution in [-0.2, 0) is 16.1 Å². The van der Waals surface area contributed by atoms with Crippen LogP contribution in [0.5, 0.6) is 0 Å². The molecule has 0 unspecified atom stereocenters. The van der Waals surface area contributed by atoms with Crippen molar-refractivity contribution < 1.29 is 14.6 Å². The number of carboxylic acid groups (broad SMARTS) is 1. The van der Waals surface area contributed by atoms with Crippen molar-refractivity contribution in [3.63, 3.8) is 0 Å². The molecule has 0 bridgehead atoms. The van der Waals surface area contributed by atoms with Crippen LogP contribution in [0.1, 0.15) is 13.8 Å². The molecule has 1 aromatic rings. The summed E-state index contributed by atoms with van der Waals surface area (Å²) in [6.07, 6.45) is 3.70. The van der Waals surface area contributed by atoms with E-state index in [2.05, 4.69) is 4.98 Å². The van der Waals surface area contributed by atoms with Crippen LogP contribution in [0.4, 0.5) is 0 Å². The lowest BCUT2D eigenvalue weighted by Gasteiger charge is -2.09. The van der Waals surface area contributed by atoms with Gasteiger partial charge in [-0.15, -0.1) is 0 Å². The Hall–Kier alpha value is -1.01. The van der Waals surface area contributed by atoms with Crippen molar-refractivity contribution in [2.75, 3.05) is 12.4 Å². The van der Waals surface area contributed by atoms with E-state index in [-0.39, 0.29) is 11.9 Å². The fraction of sp³-hybridized carbons (Fsp3) is 0.600. The van der Waals surface area contributed by atoms with Gasteiger partial charge in [0, 0.05) is 18.9 Å². The fourth-order valence-corrected chi connectivity index (χ4v) is 1.82. The minimum atomic E-state index is -0.835. The molecule has 90 valence electrons. The molecule has 0 saturated carbocycles. The molecule has 16 heavy (non-hydrogen) atoms. The zero-order chi connectivity index (χ0) is 12.0. The summed E-state index contributed by atoms with van der Waals surface area (Å²) >= 11 is 1.22. The lowest BCUT2D eigenvalue weighted by molar-refractivity contribution is -0.133. The van der Waals surface area contributed by atoms with Crippen molar-refractivity contribution in [3.05, 3.63) is 12.4 Å². The molecule has 0 aromatic carbocycles. The molecule has 1 heterocycles. The van der Waals surface area contributed by atoms with Gasteiger partial charge >= 0.3 is 5.97 Å². The number of rotatable bonds is 7. The average molecular weight is 244 g/mol. The number of carbonyl (C=O) groups is 1. The number of thioether (sulfide) groups is 1. The van der Waals surface area contributed by atoms with Gasteiger partial charge in [-0.05, 0) is 13.8 Å². The number of nitrogens with zero attached hydrogens (tertiary/aromatic N) is 2. The van der Waals surface area contributed by atoms with Crippen LogP contribution in [0, 0.1) is 0 Å². The van der Waals surface area contributed by atoms with Gasteiger partial charge in [-0.25, -0.2) is 4.98 Å². The lowest BCUT2D eigenvalue weighted by atomic mass is 10.5. The van der Waals surface area contributed by atoms with Crippen LogP contribution in [0.2, 0.25) is 0 Å². The van der Waals surface area contributed by atoms with Crippen molar-refractivity contribution in [3.8, 4) is 0 Å². The van der Waals surface area contributed by atoms with Gasteiger partial charge in [0.05, 0.1) is 18.5 Å². The Morgan fingerprint density at radius 2 is 2.44 bits per heavy atom. The molecule has 0 fully saturated rings. The highest BCUT2D eigenvalue weighted by Crippen LogP contribution is 2.15. The normalized spacial score (nSPS) is 10.9. The lowest BCUT2D eigenvalue weighted by Crippen LogP contribution is -2.11. The van der Waals surface area contributed by atoms with E-state index in [4.69, 9.17) is 9.84 Å². The zero-order valence-electron chi connectivity index (χ0n) is 9.42. The molecule has 0 atom stereocenters. The molecular formula is C10H16N2O3S. The quantitative estimate of drug-likeness (QED) is 0.736. The van der Waals surface area contributed by atoms with Crippen LogP contribution < -0.4 is 0 Å². The number of hydrogen-bond acceptors (Lipinski definition) is 4. The third-order valence-corrected chi connectivity index (χ3v) is 2.77. The highest BCUT2D eigenvalue weighted by Gasteiger charge is 2.06. The number of aliphatic carboxylic acids is 1. The Morgan fingerprint density at radius 3 is 3.06 bits per heavy atom. The number of ether oxygens (including phenoxy) is 1. The van der Waals surface area contributed by atoms with Crippen LogP contribution >= 0.6 is 11.8 Å². The summed E-state index contributed by atoms with van der Waals surface area (Å²) in [5.41, 5.74) is 0. The summed E-state index contributed by atoms with van der Waals surface area (Å²) in [6, 6.07) is 0. The fourth-order valence-electron chi connectivity index (χ4n) is 1.12. The van der Waals surface area contributed by atoms with E-state index in [1.807, 2.05) is 24.6 Å². The van der Waals surface area contributed by atoms with Crippen LogP contribution in [-0.4, -0.2) is 39.1 Å². The van der Waals surface area contributed by atoms with Gasteiger partial charge < -0.3 is 14.4 Å². The molecule has 0 amide bonds. The summed E-state index contributed by atoms with van der Waals surface area (Å²) in [6.45, 7) is 5.26. The van der Waals surface area contributed by atoms with Gasteiger partial charge in [0.1, 0.15) is 0 Å². The Labute approximate surface area is 98.8 Å². The zero-order valence-corrected chi connectivity index (χ0v) is 10.2. The Kier molecular flexibility index (Phi) is 5.34. The van der Waals surface area contributed by atoms with Gasteiger partial charge in [0.25, 0.3) is 0 Å². The first-order chi connectivity index (χ1) is 7.59. The largest absolute Gasteiger partial charge is 0.481 e. The first-order valence-corrected chi connectivity index (χ1v) is 6.05.